The summed E-state index contributed by atoms with van der Waals surface area (Å²) in [6.45, 7) is 12.9. The van der Waals surface area contributed by atoms with Crippen LogP contribution in [-0.4, -0.2) is 28.7 Å². The molecule has 206 valence electrons. The molecular formula is C34H48N2O2. The van der Waals surface area contributed by atoms with Gasteiger partial charge < -0.3 is 10.2 Å². The Morgan fingerprint density at radius 3 is 2.00 bits per heavy atom. The molecule has 0 saturated heterocycles. The van der Waals surface area contributed by atoms with Gasteiger partial charge in [-0.2, -0.15) is 0 Å². The second-order valence-corrected chi connectivity index (χ2v) is 13.6. The number of para-hydroxylation sites is 1. The second-order valence-electron chi connectivity index (χ2n) is 13.6. The quantitative estimate of drug-likeness (QED) is 0.305. The fourth-order valence-electron chi connectivity index (χ4n) is 6.23. The van der Waals surface area contributed by atoms with E-state index in [4.69, 9.17) is 9.98 Å². The largest absolute Gasteiger partial charge is 0.507 e. The van der Waals surface area contributed by atoms with Crippen molar-refractivity contribution in [3.05, 3.63) is 64.5 Å². The Morgan fingerprint density at radius 1 is 0.816 bits per heavy atom. The highest BCUT2D eigenvalue weighted by molar-refractivity contribution is 5.85. The van der Waals surface area contributed by atoms with E-state index in [1.54, 1.807) is 0 Å². The maximum Gasteiger partial charge on any atom is 0.128 e. The highest BCUT2D eigenvalue weighted by Crippen LogP contribution is 2.39. The van der Waals surface area contributed by atoms with Crippen molar-refractivity contribution in [2.45, 2.75) is 104 Å². The average Bonchev–Trinajstić information content (AvgIpc) is 2.87. The predicted molar refractivity (Wildman–Crippen MR) is 160 cm³/mol. The van der Waals surface area contributed by atoms with Crippen molar-refractivity contribution in [1.82, 2.24) is 0 Å². The molecule has 0 radical (unpaired) electrons. The number of allylic oxidation sites excluding steroid dienone is 5. The molecule has 2 N–H and O–H groups in total. The summed E-state index contributed by atoms with van der Waals surface area (Å²) in [6.07, 6.45) is 18.9. The van der Waals surface area contributed by atoms with Gasteiger partial charge in [-0.15, -0.1) is 0 Å². The lowest BCUT2D eigenvalue weighted by Gasteiger charge is -2.34. The van der Waals surface area contributed by atoms with E-state index in [1.165, 1.54) is 18.5 Å². The van der Waals surface area contributed by atoms with Crippen molar-refractivity contribution in [2.75, 3.05) is 0 Å². The van der Waals surface area contributed by atoms with Crippen LogP contribution >= 0.6 is 0 Å². The number of hydrogen-bond donors (Lipinski definition) is 2. The Kier molecular flexibility index (Phi) is 8.82. The number of aromatic hydroxyl groups is 1. The van der Waals surface area contributed by atoms with Crippen molar-refractivity contribution in [2.24, 2.45) is 33.2 Å². The number of aliphatic hydroxyl groups is 1. The first-order chi connectivity index (χ1) is 17.9. The van der Waals surface area contributed by atoms with Gasteiger partial charge in [0.1, 0.15) is 5.75 Å². The smallest absolute Gasteiger partial charge is 0.128 e. The lowest BCUT2D eigenvalue weighted by atomic mass is 9.74. The summed E-state index contributed by atoms with van der Waals surface area (Å²) in [6, 6.07) is 5.93. The number of phenolic OH excluding ortho intramolecular Hbond substituents is 1. The minimum Gasteiger partial charge on any atom is -0.507 e. The first kappa shape index (κ1) is 28.5. The van der Waals surface area contributed by atoms with E-state index >= 15 is 0 Å². The number of phenols is 1. The SMILES string of the molecule is CC(C)(C)C1=CCCC(C=NC2=CCC(C3CC=C(N=Cc4cccc(C(C)(C)C)c4O)CC3)CC2)C1O. The second kappa shape index (κ2) is 11.7. The third-order valence-corrected chi connectivity index (χ3v) is 8.65. The van der Waals surface area contributed by atoms with Crippen molar-refractivity contribution in [3.8, 4) is 5.75 Å². The van der Waals surface area contributed by atoms with Gasteiger partial charge in [-0.05, 0) is 91.2 Å². The summed E-state index contributed by atoms with van der Waals surface area (Å²) in [4.78, 5) is 9.59. The van der Waals surface area contributed by atoms with E-state index in [1.807, 2.05) is 30.6 Å². The Morgan fingerprint density at radius 2 is 1.45 bits per heavy atom. The monoisotopic (exact) mass is 516 g/mol. The molecule has 4 atom stereocenters. The molecule has 0 saturated carbocycles. The van der Waals surface area contributed by atoms with Crippen LogP contribution < -0.4 is 0 Å². The Balaban J connectivity index is 1.30. The van der Waals surface area contributed by atoms with Crippen LogP contribution in [0.3, 0.4) is 0 Å². The zero-order valence-corrected chi connectivity index (χ0v) is 24.4. The van der Waals surface area contributed by atoms with Gasteiger partial charge in [-0.25, -0.2) is 0 Å². The molecule has 3 aliphatic carbocycles. The maximum absolute atomic E-state index is 10.9. The minimum atomic E-state index is -0.415. The van der Waals surface area contributed by atoms with Gasteiger partial charge in [0.2, 0.25) is 0 Å². The van der Waals surface area contributed by atoms with Gasteiger partial charge in [0.15, 0.2) is 0 Å². The Hall–Kier alpha value is -2.46. The third-order valence-electron chi connectivity index (χ3n) is 8.65. The molecule has 0 bridgehead atoms. The van der Waals surface area contributed by atoms with E-state index in [0.717, 1.165) is 60.9 Å². The molecule has 4 nitrogen and oxygen atoms in total. The van der Waals surface area contributed by atoms with E-state index in [2.05, 4.69) is 59.8 Å². The summed E-state index contributed by atoms with van der Waals surface area (Å²) in [7, 11) is 0. The van der Waals surface area contributed by atoms with Crippen molar-refractivity contribution in [1.29, 1.82) is 0 Å². The number of nitrogens with zero attached hydrogens (tertiary/aromatic N) is 2. The van der Waals surface area contributed by atoms with E-state index in [-0.39, 0.29) is 16.7 Å². The molecule has 0 aromatic heterocycles. The molecule has 0 spiro atoms. The first-order valence-corrected chi connectivity index (χ1v) is 14.6. The molecule has 0 heterocycles. The topological polar surface area (TPSA) is 65.2 Å². The first-order valence-electron chi connectivity index (χ1n) is 14.6. The lowest BCUT2D eigenvalue weighted by Crippen LogP contribution is -2.33. The van der Waals surface area contributed by atoms with Gasteiger partial charge in [0.25, 0.3) is 0 Å². The molecule has 3 aliphatic rings. The van der Waals surface area contributed by atoms with Gasteiger partial charge >= 0.3 is 0 Å². The Labute approximate surface area is 230 Å². The average molecular weight is 517 g/mol. The van der Waals surface area contributed by atoms with Crippen LogP contribution in [0.15, 0.2) is 63.4 Å². The van der Waals surface area contributed by atoms with Gasteiger partial charge in [-0.1, -0.05) is 71.9 Å². The molecule has 1 aromatic carbocycles. The molecule has 4 unspecified atom stereocenters. The molecular weight excluding hydrogens is 468 g/mol. The molecule has 0 fully saturated rings. The lowest BCUT2D eigenvalue weighted by molar-refractivity contribution is 0.141. The molecule has 4 rings (SSSR count). The van der Waals surface area contributed by atoms with Gasteiger partial charge in [-0.3, -0.25) is 9.98 Å². The van der Waals surface area contributed by atoms with E-state index in [0.29, 0.717) is 17.6 Å². The zero-order chi connectivity index (χ0) is 27.5. The molecule has 38 heavy (non-hydrogen) atoms. The highest BCUT2D eigenvalue weighted by atomic mass is 16.3. The van der Waals surface area contributed by atoms with Crippen LogP contribution in [0.4, 0.5) is 0 Å². The van der Waals surface area contributed by atoms with Gasteiger partial charge in [0.05, 0.1) is 6.10 Å². The van der Waals surface area contributed by atoms with Crippen LogP contribution in [0.25, 0.3) is 0 Å². The fourth-order valence-corrected chi connectivity index (χ4v) is 6.23. The van der Waals surface area contributed by atoms with Crippen LogP contribution in [0.2, 0.25) is 0 Å². The van der Waals surface area contributed by atoms with Gasteiger partial charge in [0, 0.05) is 35.3 Å². The summed E-state index contributed by atoms with van der Waals surface area (Å²) in [5, 5.41) is 21.6. The third kappa shape index (κ3) is 6.94. The number of benzene rings is 1. The summed E-state index contributed by atoms with van der Waals surface area (Å²) in [5.41, 5.74) is 5.12. The summed E-state index contributed by atoms with van der Waals surface area (Å²) in [5.74, 6) is 1.87. The van der Waals surface area contributed by atoms with E-state index < -0.39 is 6.10 Å². The maximum atomic E-state index is 10.9. The molecule has 4 heteroatoms. The van der Waals surface area contributed by atoms with Crippen molar-refractivity contribution >= 4 is 12.4 Å². The standard InChI is InChI=1S/C34H48N2O2/c1-33(2,3)29-11-7-9-25(31(29)37)21-35-27-17-13-23(14-18-27)24-15-19-28(20-16-24)36-22-26-10-8-12-30(32(26)38)34(4,5)6/h7,9,11-12,17,19,21-24,26,32,37-38H,8,10,13-16,18,20H2,1-6H3. The summed E-state index contributed by atoms with van der Waals surface area (Å²) >= 11 is 0. The molecule has 0 aliphatic heterocycles. The van der Waals surface area contributed by atoms with Crippen molar-refractivity contribution in [3.63, 3.8) is 0 Å². The minimum absolute atomic E-state index is 0.00197. The number of aliphatic hydroxyl groups excluding tert-OH is 1. The van der Waals surface area contributed by atoms with Crippen LogP contribution in [0, 0.1) is 23.2 Å². The molecule has 1 aromatic rings. The molecule has 0 amide bonds. The normalized spacial score (nSPS) is 27.4. The summed E-state index contributed by atoms with van der Waals surface area (Å²) < 4.78 is 0. The number of rotatable bonds is 5. The van der Waals surface area contributed by atoms with E-state index in [9.17, 15) is 10.2 Å². The number of aliphatic imine (C=N–C) groups is 2. The Bertz CT molecular complexity index is 1140. The number of hydrogen-bond acceptors (Lipinski definition) is 4. The highest BCUT2D eigenvalue weighted by Gasteiger charge is 2.32. The van der Waals surface area contributed by atoms with Crippen LogP contribution in [0.5, 0.6) is 5.75 Å². The van der Waals surface area contributed by atoms with Crippen LogP contribution in [0.1, 0.15) is 104 Å². The van der Waals surface area contributed by atoms with Crippen molar-refractivity contribution < 1.29 is 10.2 Å². The van der Waals surface area contributed by atoms with Crippen LogP contribution in [-0.2, 0) is 5.41 Å². The zero-order valence-electron chi connectivity index (χ0n) is 24.4. The fraction of sp³-hybridized carbons (Fsp3) is 0.588. The predicted octanol–water partition coefficient (Wildman–Crippen LogP) is 8.29.